The lowest BCUT2D eigenvalue weighted by molar-refractivity contribution is -0.125. The van der Waals surface area contributed by atoms with Crippen molar-refractivity contribution < 1.29 is 9.18 Å². The maximum Gasteiger partial charge on any atom is 0.225 e. The summed E-state index contributed by atoms with van der Waals surface area (Å²) in [4.78, 5) is 26.1. The van der Waals surface area contributed by atoms with Gasteiger partial charge in [-0.1, -0.05) is 19.1 Å². The Kier molecular flexibility index (Phi) is 5.52. The number of thiophene rings is 1. The smallest absolute Gasteiger partial charge is 0.225 e. The van der Waals surface area contributed by atoms with Crippen LogP contribution in [0.5, 0.6) is 0 Å². The maximum absolute atomic E-state index is 13.0. The van der Waals surface area contributed by atoms with Crippen LogP contribution < -0.4 is 10.2 Å². The van der Waals surface area contributed by atoms with Gasteiger partial charge < -0.3 is 10.2 Å². The summed E-state index contributed by atoms with van der Waals surface area (Å²) in [7, 11) is 0. The van der Waals surface area contributed by atoms with Crippen LogP contribution in [0.4, 0.5) is 10.2 Å². The van der Waals surface area contributed by atoms with Gasteiger partial charge in [0.1, 0.15) is 22.8 Å². The van der Waals surface area contributed by atoms with Gasteiger partial charge in [0.15, 0.2) is 0 Å². The van der Waals surface area contributed by atoms with Crippen molar-refractivity contribution in [2.45, 2.75) is 32.7 Å². The van der Waals surface area contributed by atoms with Crippen LogP contribution in [0.3, 0.4) is 0 Å². The second-order valence-corrected chi connectivity index (χ2v) is 8.23. The quantitative estimate of drug-likeness (QED) is 0.708. The lowest BCUT2D eigenvalue weighted by atomic mass is 9.97. The topological polar surface area (TPSA) is 58.1 Å². The molecule has 1 N–H and O–H groups in total. The van der Waals surface area contributed by atoms with E-state index in [0.717, 1.165) is 47.4 Å². The van der Waals surface area contributed by atoms with Crippen LogP contribution in [-0.2, 0) is 17.8 Å². The highest BCUT2D eigenvalue weighted by Gasteiger charge is 2.27. The summed E-state index contributed by atoms with van der Waals surface area (Å²) >= 11 is 1.71. The number of hydrogen-bond donors (Lipinski definition) is 1. The van der Waals surface area contributed by atoms with Gasteiger partial charge in [0, 0.05) is 24.5 Å². The normalized spacial score (nSPS) is 17.1. The predicted molar refractivity (Wildman–Crippen MR) is 110 cm³/mol. The van der Waals surface area contributed by atoms with E-state index in [4.69, 9.17) is 0 Å². The summed E-state index contributed by atoms with van der Waals surface area (Å²) in [5, 5.41) is 4.07. The number of fused-ring (bicyclic) bond motifs is 1. The Hall–Kier alpha value is -2.54. The fraction of sp³-hybridized carbons (Fsp3) is 0.381. The summed E-state index contributed by atoms with van der Waals surface area (Å²) in [6, 6.07) is 8.39. The van der Waals surface area contributed by atoms with Crippen molar-refractivity contribution in [3.63, 3.8) is 0 Å². The second kappa shape index (κ2) is 8.22. The van der Waals surface area contributed by atoms with Crippen molar-refractivity contribution in [2.75, 3.05) is 18.0 Å². The van der Waals surface area contributed by atoms with Crippen molar-refractivity contribution in [3.05, 3.63) is 52.9 Å². The van der Waals surface area contributed by atoms with E-state index < -0.39 is 0 Å². The van der Waals surface area contributed by atoms with Crippen molar-refractivity contribution in [1.82, 2.24) is 15.3 Å². The number of hydrogen-bond acceptors (Lipinski definition) is 5. The zero-order valence-electron chi connectivity index (χ0n) is 15.8. The van der Waals surface area contributed by atoms with E-state index in [9.17, 15) is 9.18 Å². The first-order chi connectivity index (χ1) is 13.6. The first-order valence-electron chi connectivity index (χ1n) is 9.64. The number of carbonyl (C=O) groups excluding carboxylic acids is 1. The molecule has 5 nitrogen and oxygen atoms in total. The molecule has 4 rings (SSSR count). The number of carbonyl (C=O) groups is 1. The molecule has 1 fully saturated rings. The molecular formula is C21H23FN4OS. The third-order valence-corrected chi connectivity index (χ3v) is 6.37. The van der Waals surface area contributed by atoms with Crippen molar-refractivity contribution in [2.24, 2.45) is 5.92 Å². The van der Waals surface area contributed by atoms with Gasteiger partial charge in [-0.15, -0.1) is 11.3 Å². The molecule has 0 saturated carbocycles. The number of nitrogens with zero attached hydrogens (tertiary/aromatic N) is 3. The number of amides is 1. The standard InChI is InChI=1S/C21H23FN4OS/c1-2-17-10-18-19(24-13-25-21(18)28-17)26-9-3-4-15(12-26)20(27)23-11-14-5-7-16(22)8-6-14/h5-8,10,13,15H,2-4,9,11-12H2,1H3,(H,23,27)/t15-/m1/s1. The molecule has 7 heteroatoms. The van der Waals surface area contributed by atoms with Crippen LogP contribution in [0.2, 0.25) is 0 Å². The van der Waals surface area contributed by atoms with Crippen molar-refractivity contribution in [1.29, 1.82) is 0 Å². The number of halogens is 1. The predicted octanol–water partition coefficient (Wildman–Crippen LogP) is 3.93. The monoisotopic (exact) mass is 398 g/mol. The molecule has 0 aliphatic carbocycles. The molecule has 3 aromatic rings. The van der Waals surface area contributed by atoms with Crippen LogP contribution in [0.25, 0.3) is 10.2 Å². The summed E-state index contributed by atoms with van der Waals surface area (Å²) in [5.74, 6) is 0.619. The van der Waals surface area contributed by atoms with Gasteiger partial charge in [0.25, 0.3) is 0 Å². The lowest BCUT2D eigenvalue weighted by Gasteiger charge is -2.33. The molecule has 1 atom stereocenters. The molecule has 2 aromatic heterocycles. The molecule has 28 heavy (non-hydrogen) atoms. The SMILES string of the molecule is CCc1cc2c(N3CCC[C@@H](C(=O)NCc4ccc(F)cc4)C3)ncnc2s1. The number of anilines is 1. The van der Waals surface area contributed by atoms with Gasteiger partial charge in [-0.25, -0.2) is 14.4 Å². The summed E-state index contributed by atoms with van der Waals surface area (Å²) in [6.07, 6.45) is 4.41. The van der Waals surface area contributed by atoms with Gasteiger partial charge in [-0.05, 0) is 43.0 Å². The van der Waals surface area contributed by atoms with Gasteiger partial charge in [0.05, 0.1) is 11.3 Å². The largest absolute Gasteiger partial charge is 0.355 e. The Morgan fingerprint density at radius 1 is 1.32 bits per heavy atom. The van der Waals surface area contributed by atoms with E-state index in [2.05, 4.69) is 33.2 Å². The van der Waals surface area contributed by atoms with Gasteiger partial charge >= 0.3 is 0 Å². The molecule has 1 aromatic carbocycles. The average Bonchev–Trinajstić information content (AvgIpc) is 3.16. The zero-order valence-corrected chi connectivity index (χ0v) is 16.6. The van der Waals surface area contributed by atoms with E-state index in [1.165, 1.54) is 17.0 Å². The number of benzene rings is 1. The number of nitrogens with one attached hydrogen (secondary N) is 1. The lowest BCUT2D eigenvalue weighted by Crippen LogP contribution is -2.43. The molecule has 1 aliphatic rings. The Bertz CT molecular complexity index is 972. The molecule has 0 bridgehead atoms. The molecule has 146 valence electrons. The minimum Gasteiger partial charge on any atom is -0.355 e. The van der Waals surface area contributed by atoms with Crippen molar-refractivity contribution in [3.8, 4) is 0 Å². The molecule has 3 heterocycles. The fourth-order valence-corrected chi connectivity index (χ4v) is 4.57. The van der Waals surface area contributed by atoms with Gasteiger partial charge in [-0.2, -0.15) is 0 Å². The minimum atomic E-state index is -0.270. The van der Waals surface area contributed by atoms with Crippen LogP contribution in [-0.4, -0.2) is 29.0 Å². The molecule has 0 radical (unpaired) electrons. The highest BCUT2D eigenvalue weighted by atomic mass is 32.1. The summed E-state index contributed by atoms with van der Waals surface area (Å²) in [6.45, 7) is 4.10. The maximum atomic E-state index is 13.0. The molecule has 0 spiro atoms. The van der Waals surface area contributed by atoms with E-state index in [0.29, 0.717) is 13.1 Å². The number of aromatic nitrogens is 2. The van der Waals surface area contributed by atoms with E-state index in [-0.39, 0.29) is 17.6 Å². The molecule has 1 amide bonds. The first kappa shape index (κ1) is 18.8. The Labute approximate surface area is 167 Å². The Balaban J connectivity index is 1.45. The molecular weight excluding hydrogens is 375 g/mol. The van der Waals surface area contributed by atoms with E-state index in [1.54, 1.807) is 29.8 Å². The number of rotatable bonds is 5. The third-order valence-electron chi connectivity index (χ3n) is 5.18. The molecule has 1 aliphatic heterocycles. The second-order valence-electron chi connectivity index (χ2n) is 7.11. The van der Waals surface area contributed by atoms with E-state index >= 15 is 0 Å². The Morgan fingerprint density at radius 3 is 2.93 bits per heavy atom. The molecule has 1 saturated heterocycles. The summed E-state index contributed by atoms with van der Waals surface area (Å²) in [5.41, 5.74) is 0.894. The van der Waals surface area contributed by atoms with Crippen LogP contribution in [0, 0.1) is 11.7 Å². The zero-order chi connectivity index (χ0) is 19.5. The highest BCUT2D eigenvalue weighted by Crippen LogP contribution is 2.32. The number of aryl methyl sites for hydroxylation is 1. The third kappa shape index (κ3) is 3.99. The van der Waals surface area contributed by atoms with Crippen molar-refractivity contribution >= 4 is 33.3 Å². The first-order valence-corrected chi connectivity index (χ1v) is 10.5. The van der Waals surface area contributed by atoms with Gasteiger partial charge in [-0.3, -0.25) is 4.79 Å². The van der Waals surface area contributed by atoms with Gasteiger partial charge in [0.2, 0.25) is 5.91 Å². The fourth-order valence-electron chi connectivity index (χ4n) is 3.64. The highest BCUT2D eigenvalue weighted by molar-refractivity contribution is 7.18. The van der Waals surface area contributed by atoms with Crippen LogP contribution >= 0.6 is 11.3 Å². The average molecular weight is 399 g/mol. The minimum absolute atomic E-state index is 0.0406. The Morgan fingerprint density at radius 2 is 2.14 bits per heavy atom. The molecule has 0 unspecified atom stereocenters. The summed E-state index contributed by atoms with van der Waals surface area (Å²) < 4.78 is 13.0. The number of piperidine rings is 1. The van der Waals surface area contributed by atoms with Crippen LogP contribution in [0.1, 0.15) is 30.2 Å². The van der Waals surface area contributed by atoms with Crippen LogP contribution in [0.15, 0.2) is 36.7 Å². The van der Waals surface area contributed by atoms with E-state index in [1.807, 2.05) is 0 Å².